The third kappa shape index (κ3) is 2.26. The number of ether oxygens (including phenoxy) is 1. The smallest absolute Gasteiger partial charge is 0.254 e. The van der Waals surface area contributed by atoms with Crippen LogP contribution in [0.3, 0.4) is 0 Å². The van der Waals surface area contributed by atoms with Crippen molar-refractivity contribution in [1.82, 2.24) is 9.78 Å². The summed E-state index contributed by atoms with van der Waals surface area (Å²) in [5, 5.41) is 7.42. The summed E-state index contributed by atoms with van der Waals surface area (Å²) in [6, 6.07) is 0. The summed E-state index contributed by atoms with van der Waals surface area (Å²) in [4.78, 5) is 12.2. The molecule has 2 atom stereocenters. The Morgan fingerprint density at radius 2 is 2.37 bits per heavy atom. The van der Waals surface area contributed by atoms with Crippen molar-refractivity contribution >= 4 is 11.7 Å². The molecule has 0 saturated carbocycles. The first-order chi connectivity index (χ1) is 9.19. The van der Waals surface area contributed by atoms with Crippen molar-refractivity contribution in [2.45, 2.75) is 44.3 Å². The van der Waals surface area contributed by atoms with Gasteiger partial charge in [-0.1, -0.05) is 0 Å². The van der Waals surface area contributed by atoms with Crippen molar-refractivity contribution in [2.24, 2.45) is 12.8 Å². The number of carbonyl (C=O) groups is 1. The molecule has 6 heteroatoms. The lowest BCUT2D eigenvalue weighted by atomic mass is 10.2. The molecule has 1 aromatic heterocycles. The topological polar surface area (TPSA) is 82.2 Å². The van der Waals surface area contributed by atoms with Crippen LogP contribution in [0.4, 0.5) is 5.82 Å². The normalized spacial score (nSPS) is 25.6. The lowest BCUT2D eigenvalue weighted by Gasteiger charge is -2.13. The van der Waals surface area contributed by atoms with Gasteiger partial charge in [0, 0.05) is 19.2 Å². The lowest BCUT2D eigenvalue weighted by Crippen LogP contribution is -2.30. The Balaban J connectivity index is 1.70. The zero-order valence-corrected chi connectivity index (χ0v) is 11.2. The summed E-state index contributed by atoms with van der Waals surface area (Å²) in [5.74, 6) is 0.756. The first-order valence-corrected chi connectivity index (χ1v) is 6.90. The molecule has 19 heavy (non-hydrogen) atoms. The molecule has 2 aliphatic rings. The predicted molar refractivity (Wildman–Crippen MR) is 70.8 cm³/mol. The van der Waals surface area contributed by atoms with E-state index in [9.17, 15) is 4.79 Å². The Labute approximate surface area is 112 Å². The van der Waals surface area contributed by atoms with Crippen LogP contribution in [0.25, 0.3) is 0 Å². The quantitative estimate of drug-likeness (QED) is 0.825. The minimum absolute atomic E-state index is 0.0213. The highest BCUT2D eigenvalue weighted by molar-refractivity contribution is 5.94. The minimum Gasteiger partial charge on any atom is -0.364 e. The number of nitrogens with two attached hydrogens (primary N) is 1. The minimum atomic E-state index is -0.375. The number of rotatable bonds is 3. The van der Waals surface area contributed by atoms with E-state index in [2.05, 4.69) is 10.4 Å². The molecule has 1 aliphatic carbocycles. The van der Waals surface area contributed by atoms with Gasteiger partial charge in [0.1, 0.15) is 11.9 Å². The molecule has 3 rings (SSSR count). The third-order valence-electron chi connectivity index (χ3n) is 3.97. The van der Waals surface area contributed by atoms with Crippen LogP contribution in [0.2, 0.25) is 0 Å². The zero-order valence-electron chi connectivity index (χ0n) is 11.2. The van der Waals surface area contributed by atoms with Crippen molar-refractivity contribution in [3.63, 3.8) is 0 Å². The highest BCUT2D eigenvalue weighted by Gasteiger charge is 2.31. The van der Waals surface area contributed by atoms with Crippen molar-refractivity contribution in [3.05, 3.63) is 11.3 Å². The first kappa shape index (κ1) is 12.6. The van der Waals surface area contributed by atoms with E-state index >= 15 is 0 Å². The van der Waals surface area contributed by atoms with Crippen molar-refractivity contribution < 1.29 is 9.53 Å². The van der Waals surface area contributed by atoms with Crippen LogP contribution >= 0.6 is 0 Å². The number of carbonyl (C=O) groups excluding carboxylic acids is 1. The second kappa shape index (κ2) is 4.94. The van der Waals surface area contributed by atoms with Gasteiger partial charge in [-0.25, -0.2) is 0 Å². The summed E-state index contributed by atoms with van der Waals surface area (Å²) in [7, 11) is 1.87. The van der Waals surface area contributed by atoms with Gasteiger partial charge in [0.25, 0.3) is 5.91 Å². The Bertz CT molecular complexity index is 497. The zero-order chi connectivity index (χ0) is 13.4. The molecule has 0 unspecified atom stereocenters. The maximum Gasteiger partial charge on any atom is 0.254 e. The molecule has 0 aromatic carbocycles. The molecule has 0 bridgehead atoms. The van der Waals surface area contributed by atoms with Gasteiger partial charge in [-0.05, 0) is 32.1 Å². The van der Waals surface area contributed by atoms with Gasteiger partial charge in [-0.3, -0.25) is 9.48 Å². The first-order valence-electron chi connectivity index (χ1n) is 6.90. The number of anilines is 1. The summed E-state index contributed by atoms with van der Waals surface area (Å²) in [5.41, 5.74) is 7.86. The van der Waals surface area contributed by atoms with Crippen molar-refractivity contribution in [1.29, 1.82) is 0 Å². The number of nitrogens with zero attached hydrogens (tertiary/aromatic N) is 2. The van der Waals surface area contributed by atoms with Crippen LogP contribution in [0.15, 0.2) is 0 Å². The average Bonchev–Trinajstić information content (AvgIpc) is 3.07. The average molecular weight is 264 g/mol. The molecule has 1 fully saturated rings. The third-order valence-corrected chi connectivity index (χ3v) is 3.97. The van der Waals surface area contributed by atoms with Gasteiger partial charge < -0.3 is 15.8 Å². The number of fused-ring (bicyclic) bond motifs is 1. The van der Waals surface area contributed by atoms with Crippen LogP contribution in [0, 0.1) is 0 Å². The van der Waals surface area contributed by atoms with Gasteiger partial charge in [0.2, 0.25) is 0 Å². The van der Waals surface area contributed by atoms with E-state index < -0.39 is 0 Å². The number of aromatic nitrogens is 2. The fourth-order valence-corrected chi connectivity index (χ4v) is 2.95. The van der Waals surface area contributed by atoms with E-state index in [0.717, 1.165) is 43.6 Å². The molecule has 0 radical (unpaired) electrons. The largest absolute Gasteiger partial charge is 0.364 e. The Morgan fingerprint density at radius 3 is 3.11 bits per heavy atom. The lowest BCUT2D eigenvalue weighted by molar-refractivity contribution is -0.126. The second-order valence-electron chi connectivity index (χ2n) is 5.30. The van der Waals surface area contributed by atoms with Crippen LogP contribution in [0.5, 0.6) is 0 Å². The van der Waals surface area contributed by atoms with E-state index in [1.165, 1.54) is 5.56 Å². The van der Waals surface area contributed by atoms with Crippen molar-refractivity contribution in [3.8, 4) is 0 Å². The van der Waals surface area contributed by atoms with E-state index in [1.54, 1.807) is 4.68 Å². The Kier molecular flexibility index (Phi) is 3.28. The summed E-state index contributed by atoms with van der Waals surface area (Å²) in [6.07, 6.45) is 4.38. The Morgan fingerprint density at radius 1 is 1.53 bits per heavy atom. The van der Waals surface area contributed by atoms with E-state index in [0.29, 0.717) is 6.54 Å². The number of amides is 1. The molecule has 2 heterocycles. The van der Waals surface area contributed by atoms with Crippen LogP contribution in [-0.2, 0) is 29.4 Å². The molecule has 1 aromatic rings. The van der Waals surface area contributed by atoms with Gasteiger partial charge in [-0.15, -0.1) is 0 Å². The van der Waals surface area contributed by atoms with Crippen LogP contribution in [0.1, 0.15) is 30.5 Å². The summed E-state index contributed by atoms with van der Waals surface area (Å²) < 4.78 is 7.37. The van der Waals surface area contributed by atoms with E-state index in [4.69, 9.17) is 10.5 Å². The number of nitrogens with one attached hydrogen (secondary N) is 1. The molecular weight excluding hydrogens is 244 g/mol. The second-order valence-corrected chi connectivity index (χ2v) is 5.30. The molecule has 104 valence electrons. The molecule has 3 N–H and O–H groups in total. The number of hydrogen-bond donors (Lipinski definition) is 2. The summed E-state index contributed by atoms with van der Waals surface area (Å²) in [6.45, 7) is 0.477. The monoisotopic (exact) mass is 264 g/mol. The molecule has 0 spiro atoms. The van der Waals surface area contributed by atoms with Crippen LogP contribution < -0.4 is 11.1 Å². The molecule has 6 nitrogen and oxygen atoms in total. The van der Waals surface area contributed by atoms with E-state index in [1.807, 2.05) is 7.05 Å². The number of hydrogen-bond acceptors (Lipinski definition) is 4. The highest BCUT2D eigenvalue weighted by Crippen LogP contribution is 2.29. The SMILES string of the molecule is Cn1nc2c(c1NC(=O)[C@@H]1CC[C@H](CN)O1)CCC2. The van der Waals surface area contributed by atoms with Gasteiger partial charge >= 0.3 is 0 Å². The Hall–Kier alpha value is -1.40. The molecular formula is C13H20N4O2. The molecule has 1 saturated heterocycles. The molecule has 1 aliphatic heterocycles. The fraction of sp³-hybridized carbons (Fsp3) is 0.692. The maximum atomic E-state index is 12.2. The molecule has 1 amide bonds. The predicted octanol–water partition coefficient (Wildman–Crippen LogP) is 0.354. The van der Waals surface area contributed by atoms with Gasteiger partial charge in [0.05, 0.1) is 11.8 Å². The fourth-order valence-electron chi connectivity index (χ4n) is 2.95. The highest BCUT2D eigenvalue weighted by atomic mass is 16.5. The van der Waals surface area contributed by atoms with Crippen LogP contribution in [-0.4, -0.2) is 34.4 Å². The van der Waals surface area contributed by atoms with E-state index in [-0.39, 0.29) is 18.1 Å². The van der Waals surface area contributed by atoms with Gasteiger partial charge in [0.15, 0.2) is 0 Å². The number of aryl methyl sites for hydroxylation is 2. The maximum absolute atomic E-state index is 12.2. The standard InChI is InChI=1S/C13H20N4O2/c1-17-12(9-3-2-4-10(9)16-17)15-13(18)11-6-5-8(7-14)19-11/h8,11H,2-7,14H2,1H3,(H,15,18)/t8-,11+/m1/s1. The van der Waals surface area contributed by atoms with Crippen molar-refractivity contribution in [2.75, 3.05) is 11.9 Å². The summed E-state index contributed by atoms with van der Waals surface area (Å²) >= 11 is 0. The van der Waals surface area contributed by atoms with Gasteiger partial charge in [-0.2, -0.15) is 5.10 Å².